The van der Waals surface area contributed by atoms with Crippen molar-refractivity contribution in [1.29, 1.82) is 0 Å². The largest absolute Gasteiger partial charge is 0.341 e. The van der Waals surface area contributed by atoms with E-state index in [9.17, 15) is 9.59 Å². The van der Waals surface area contributed by atoms with Gasteiger partial charge in [0.1, 0.15) is 6.04 Å². The Hall–Kier alpha value is -1.75. The van der Waals surface area contributed by atoms with Gasteiger partial charge in [-0.25, -0.2) is 4.79 Å². The summed E-state index contributed by atoms with van der Waals surface area (Å²) in [4.78, 5) is 26.6. The van der Waals surface area contributed by atoms with Gasteiger partial charge >= 0.3 is 6.03 Å². The van der Waals surface area contributed by atoms with Crippen molar-refractivity contribution in [3.63, 3.8) is 0 Å². The Kier molecular flexibility index (Phi) is 6.56. The lowest BCUT2D eigenvalue weighted by atomic mass is 9.70. The van der Waals surface area contributed by atoms with Crippen LogP contribution < -0.4 is 10.6 Å². The molecule has 3 amide bonds. The van der Waals surface area contributed by atoms with E-state index in [4.69, 9.17) is 11.6 Å². The van der Waals surface area contributed by atoms with E-state index in [0.717, 1.165) is 11.4 Å². The highest BCUT2D eigenvalue weighted by atomic mass is 35.5. The molecule has 26 heavy (non-hydrogen) atoms. The lowest BCUT2D eigenvalue weighted by Gasteiger charge is -2.45. The molecule has 1 aliphatic rings. The minimum absolute atomic E-state index is 0.00812. The normalized spacial score (nSPS) is 20.6. The minimum atomic E-state index is -0.516. The van der Waals surface area contributed by atoms with Gasteiger partial charge in [-0.3, -0.25) is 4.79 Å². The minimum Gasteiger partial charge on any atom is -0.341 e. The number of carbonyl (C=O) groups excluding carboxylic acids is 2. The summed E-state index contributed by atoms with van der Waals surface area (Å²) in [7, 11) is 1.55. The third-order valence-corrected chi connectivity index (χ3v) is 5.51. The van der Waals surface area contributed by atoms with Crippen molar-refractivity contribution in [2.45, 2.75) is 46.1 Å². The molecule has 1 aromatic rings. The van der Waals surface area contributed by atoms with E-state index in [2.05, 4.69) is 36.6 Å². The molecule has 0 radical (unpaired) electrons. The van der Waals surface area contributed by atoms with Crippen molar-refractivity contribution in [3.05, 3.63) is 34.9 Å². The predicted octanol–water partition coefficient (Wildman–Crippen LogP) is 3.64. The first-order valence-electron chi connectivity index (χ1n) is 9.18. The molecule has 0 aromatic heterocycles. The Bertz CT molecular complexity index is 643. The fourth-order valence-corrected chi connectivity index (χ4v) is 3.91. The molecule has 1 saturated heterocycles. The van der Waals surface area contributed by atoms with Gasteiger partial charge in [0, 0.05) is 25.2 Å². The number of urea groups is 1. The number of hydrogen-bond donors (Lipinski definition) is 2. The molecule has 2 unspecified atom stereocenters. The Balaban J connectivity index is 2.13. The fourth-order valence-electron chi connectivity index (χ4n) is 3.78. The number of nitrogens with one attached hydrogen (secondary N) is 2. The molecule has 2 atom stereocenters. The van der Waals surface area contributed by atoms with Gasteiger partial charge in [0.15, 0.2) is 0 Å². The molecule has 1 aromatic carbocycles. The number of amides is 3. The molecule has 0 aliphatic carbocycles. The van der Waals surface area contributed by atoms with Crippen molar-refractivity contribution >= 4 is 23.5 Å². The van der Waals surface area contributed by atoms with Gasteiger partial charge in [-0.1, -0.05) is 51.4 Å². The molecule has 0 bridgehead atoms. The summed E-state index contributed by atoms with van der Waals surface area (Å²) in [6.07, 6.45) is 0.894. The molecule has 6 heteroatoms. The van der Waals surface area contributed by atoms with Gasteiger partial charge in [-0.2, -0.15) is 0 Å². The van der Waals surface area contributed by atoms with E-state index < -0.39 is 6.04 Å². The predicted molar refractivity (Wildman–Crippen MR) is 105 cm³/mol. The quantitative estimate of drug-likeness (QED) is 0.839. The van der Waals surface area contributed by atoms with Crippen molar-refractivity contribution in [1.82, 2.24) is 15.5 Å². The first-order chi connectivity index (χ1) is 12.2. The van der Waals surface area contributed by atoms with Gasteiger partial charge in [0.05, 0.1) is 0 Å². The number of piperidine rings is 1. The monoisotopic (exact) mass is 379 g/mol. The molecule has 1 aliphatic heterocycles. The highest BCUT2D eigenvalue weighted by Crippen LogP contribution is 2.42. The number of benzene rings is 1. The smallest absolute Gasteiger partial charge is 0.315 e. The molecule has 1 fully saturated rings. The summed E-state index contributed by atoms with van der Waals surface area (Å²) >= 11 is 6.01. The van der Waals surface area contributed by atoms with E-state index in [1.54, 1.807) is 7.05 Å². The number of halogens is 1. The lowest BCUT2D eigenvalue weighted by molar-refractivity contribution is -0.137. The van der Waals surface area contributed by atoms with Crippen molar-refractivity contribution in [3.8, 4) is 0 Å². The van der Waals surface area contributed by atoms with E-state index in [1.165, 1.54) is 5.56 Å². The van der Waals surface area contributed by atoms with E-state index in [1.807, 2.05) is 30.9 Å². The van der Waals surface area contributed by atoms with Crippen LogP contribution in [0.5, 0.6) is 0 Å². The number of nitrogens with zero attached hydrogens (tertiary/aromatic N) is 1. The van der Waals surface area contributed by atoms with Crippen LogP contribution in [0.2, 0.25) is 5.02 Å². The SMILES string of the molecule is CNC(=O)NC(C(=O)N1CCC(c2ccc(Cl)cc2)C(C)(C)C1)C(C)C. The second-order valence-corrected chi connectivity index (χ2v) is 8.52. The molecule has 144 valence electrons. The zero-order chi connectivity index (χ0) is 19.5. The van der Waals surface area contributed by atoms with Gasteiger partial charge in [-0.15, -0.1) is 0 Å². The maximum Gasteiger partial charge on any atom is 0.315 e. The number of rotatable bonds is 4. The van der Waals surface area contributed by atoms with Crippen LogP contribution in [-0.2, 0) is 4.79 Å². The molecule has 2 rings (SSSR count). The summed E-state index contributed by atoms with van der Waals surface area (Å²) in [5.74, 6) is 0.386. The summed E-state index contributed by atoms with van der Waals surface area (Å²) in [6.45, 7) is 9.64. The van der Waals surface area contributed by atoms with Crippen molar-refractivity contribution < 1.29 is 9.59 Å². The van der Waals surface area contributed by atoms with Crippen LogP contribution in [0.25, 0.3) is 0 Å². The Morgan fingerprint density at radius 2 is 1.85 bits per heavy atom. The van der Waals surface area contributed by atoms with Crippen LogP contribution in [0.4, 0.5) is 4.79 Å². The summed E-state index contributed by atoms with van der Waals surface area (Å²) < 4.78 is 0. The van der Waals surface area contributed by atoms with Crippen molar-refractivity contribution in [2.75, 3.05) is 20.1 Å². The zero-order valence-electron chi connectivity index (χ0n) is 16.3. The number of carbonyl (C=O) groups is 2. The maximum atomic E-state index is 13.0. The third kappa shape index (κ3) is 4.70. The van der Waals surface area contributed by atoms with Crippen LogP contribution in [0.3, 0.4) is 0 Å². The Labute approximate surface area is 161 Å². The first-order valence-corrected chi connectivity index (χ1v) is 9.56. The van der Waals surface area contributed by atoms with E-state index in [-0.39, 0.29) is 23.3 Å². The van der Waals surface area contributed by atoms with Crippen LogP contribution in [0.1, 0.15) is 45.6 Å². The van der Waals surface area contributed by atoms with Crippen LogP contribution in [0.15, 0.2) is 24.3 Å². The Morgan fingerprint density at radius 3 is 2.35 bits per heavy atom. The second-order valence-electron chi connectivity index (χ2n) is 8.09. The maximum absolute atomic E-state index is 13.0. The molecule has 0 spiro atoms. The third-order valence-electron chi connectivity index (χ3n) is 5.26. The van der Waals surface area contributed by atoms with Gasteiger partial charge in [-0.05, 0) is 41.4 Å². The van der Waals surface area contributed by atoms with Crippen LogP contribution in [-0.4, -0.2) is 43.0 Å². The van der Waals surface area contributed by atoms with Crippen molar-refractivity contribution in [2.24, 2.45) is 11.3 Å². The topological polar surface area (TPSA) is 61.4 Å². The molecule has 2 N–H and O–H groups in total. The van der Waals surface area contributed by atoms with E-state index in [0.29, 0.717) is 19.0 Å². The summed E-state index contributed by atoms with van der Waals surface area (Å²) in [6, 6.07) is 7.16. The molecule has 0 saturated carbocycles. The van der Waals surface area contributed by atoms with Crippen LogP contribution >= 0.6 is 11.6 Å². The average molecular weight is 380 g/mol. The molecule has 1 heterocycles. The standard InChI is InChI=1S/C20H30ClN3O2/c1-13(2)17(23-19(26)22-5)18(25)24-11-10-16(20(3,4)12-24)14-6-8-15(21)9-7-14/h6-9,13,16-17H,10-12H2,1-5H3,(H2,22,23,26). The summed E-state index contributed by atoms with van der Waals surface area (Å²) in [5, 5.41) is 6.05. The van der Waals surface area contributed by atoms with Crippen LogP contribution in [0, 0.1) is 11.3 Å². The fraction of sp³-hybridized carbons (Fsp3) is 0.600. The second kappa shape index (κ2) is 8.30. The molecular formula is C20H30ClN3O2. The Morgan fingerprint density at radius 1 is 1.23 bits per heavy atom. The summed E-state index contributed by atoms with van der Waals surface area (Å²) in [5.41, 5.74) is 1.20. The number of hydrogen-bond acceptors (Lipinski definition) is 2. The lowest BCUT2D eigenvalue weighted by Crippen LogP contribution is -2.56. The molecular weight excluding hydrogens is 350 g/mol. The van der Waals surface area contributed by atoms with Gasteiger partial charge in [0.2, 0.25) is 5.91 Å². The number of likely N-dealkylation sites (tertiary alicyclic amines) is 1. The van der Waals surface area contributed by atoms with Gasteiger partial charge in [0.25, 0.3) is 0 Å². The average Bonchev–Trinajstić information content (AvgIpc) is 2.58. The van der Waals surface area contributed by atoms with E-state index >= 15 is 0 Å². The first kappa shape index (κ1) is 20.6. The zero-order valence-corrected chi connectivity index (χ0v) is 17.1. The highest BCUT2D eigenvalue weighted by Gasteiger charge is 2.40. The molecule has 5 nitrogen and oxygen atoms in total. The van der Waals surface area contributed by atoms with Gasteiger partial charge < -0.3 is 15.5 Å². The highest BCUT2D eigenvalue weighted by molar-refractivity contribution is 6.30.